The van der Waals surface area contributed by atoms with Crippen LogP contribution in [-0.4, -0.2) is 36.1 Å². The van der Waals surface area contributed by atoms with Crippen LogP contribution in [0.5, 0.6) is 0 Å². The number of carbonyl (C=O) groups excluding carboxylic acids is 2. The van der Waals surface area contributed by atoms with E-state index in [9.17, 15) is 14.0 Å². The van der Waals surface area contributed by atoms with Gasteiger partial charge in [0.25, 0.3) is 0 Å². The molecule has 1 unspecified atom stereocenters. The number of hydrogen-bond donors (Lipinski definition) is 3. The quantitative estimate of drug-likeness (QED) is 0.676. The molecule has 3 N–H and O–H groups in total. The molecule has 1 rings (SSSR count). The van der Waals surface area contributed by atoms with Crippen LogP contribution in [0.25, 0.3) is 0 Å². The molecule has 5 nitrogen and oxygen atoms in total. The van der Waals surface area contributed by atoms with E-state index in [-0.39, 0.29) is 24.8 Å². The first kappa shape index (κ1) is 16.1. The van der Waals surface area contributed by atoms with Crippen molar-refractivity contribution in [3.8, 4) is 0 Å². The highest BCUT2D eigenvalue weighted by atomic mass is 19.1. The Labute approximate surface area is 117 Å². The van der Waals surface area contributed by atoms with Gasteiger partial charge in [-0.1, -0.05) is 12.1 Å². The Balaban J connectivity index is 2.24. The van der Waals surface area contributed by atoms with Gasteiger partial charge in [0.15, 0.2) is 0 Å². The highest BCUT2D eigenvalue weighted by molar-refractivity contribution is 5.85. The predicted molar refractivity (Wildman–Crippen MR) is 72.4 cm³/mol. The first-order chi connectivity index (χ1) is 9.47. The van der Waals surface area contributed by atoms with Crippen LogP contribution >= 0.6 is 0 Å². The van der Waals surface area contributed by atoms with E-state index in [1.807, 2.05) is 0 Å². The van der Waals surface area contributed by atoms with Crippen molar-refractivity contribution in [3.05, 3.63) is 35.6 Å². The van der Waals surface area contributed by atoms with Crippen LogP contribution in [0.15, 0.2) is 24.3 Å². The molecule has 0 aliphatic heterocycles. The van der Waals surface area contributed by atoms with E-state index in [0.717, 1.165) is 0 Å². The normalized spacial score (nSPS) is 11.8. The molecular weight excluding hydrogens is 263 g/mol. The van der Waals surface area contributed by atoms with Crippen molar-refractivity contribution < 1.29 is 19.1 Å². The summed E-state index contributed by atoms with van der Waals surface area (Å²) in [7, 11) is 0. The van der Waals surface area contributed by atoms with E-state index in [1.165, 1.54) is 18.2 Å². The van der Waals surface area contributed by atoms with Crippen LogP contribution in [0, 0.1) is 5.82 Å². The number of nitrogens with one attached hydrogen (secondary N) is 2. The summed E-state index contributed by atoms with van der Waals surface area (Å²) in [5.74, 6) is -1.06. The molecule has 6 heteroatoms. The summed E-state index contributed by atoms with van der Waals surface area (Å²) in [6.07, 6.45) is 0.0136. The van der Waals surface area contributed by atoms with Crippen LogP contribution in [0.2, 0.25) is 0 Å². The Kier molecular flexibility index (Phi) is 6.66. The van der Waals surface area contributed by atoms with E-state index in [0.29, 0.717) is 18.5 Å². The van der Waals surface area contributed by atoms with E-state index >= 15 is 0 Å². The van der Waals surface area contributed by atoms with Crippen LogP contribution < -0.4 is 10.6 Å². The van der Waals surface area contributed by atoms with Gasteiger partial charge in [0.05, 0.1) is 19.1 Å². The number of halogens is 1. The molecule has 0 aliphatic rings. The topological polar surface area (TPSA) is 78.4 Å². The molecular formula is C14H19FN2O3. The lowest BCUT2D eigenvalue weighted by molar-refractivity contribution is -0.125. The summed E-state index contributed by atoms with van der Waals surface area (Å²) < 4.78 is 12.9. The maximum absolute atomic E-state index is 12.9. The summed E-state index contributed by atoms with van der Waals surface area (Å²) in [5.41, 5.74) is 0.553. The molecule has 0 fully saturated rings. The van der Waals surface area contributed by atoms with Gasteiger partial charge in [-0.25, -0.2) is 4.39 Å². The molecule has 0 heterocycles. The van der Waals surface area contributed by atoms with Crippen molar-refractivity contribution in [1.29, 1.82) is 0 Å². The standard InChI is InChI=1S/C14H19FN2O3/c1-10(18)5-6-16-14(20)9-17-13(19)8-11-3-2-4-12(15)7-11/h2-4,7,10,18H,5-6,8-9H2,1H3,(H,16,20)(H,17,19). The molecule has 0 bridgehead atoms. The van der Waals surface area contributed by atoms with Crippen LogP contribution in [-0.2, 0) is 16.0 Å². The second kappa shape index (κ2) is 8.27. The van der Waals surface area contributed by atoms with Gasteiger partial charge in [-0.3, -0.25) is 9.59 Å². The molecule has 1 aromatic carbocycles. The molecule has 2 amide bonds. The molecule has 0 aliphatic carbocycles. The first-order valence-corrected chi connectivity index (χ1v) is 6.43. The van der Waals surface area contributed by atoms with Crippen molar-refractivity contribution in [2.24, 2.45) is 0 Å². The molecule has 20 heavy (non-hydrogen) atoms. The van der Waals surface area contributed by atoms with Gasteiger partial charge in [-0.15, -0.1) is 0 Å². The lowest BCUT2D eigenvalue weighted by Gasteiger charge is -2.08. The van der Waals surface area contributed by atoms with Gasteiger partial charge in [0.2, 0.25) is 11.8 Å². The average Bonchev–Trinajstić information content (AvgIpc) is 2.36. The van der Waals surface area contributed by atoms with Crippen LogP contribution in [0.1, 0.15) is 18.9 Å². The molecule has 0 spiro atoms. The third-order valence-corrected chi connectivity index (χ3v) is 2.58. The largest absolute Gasteiger partial charge is 0.393 e. The van der Waals surface area contributed by atoms with Gasteiger partial charge in [0, 0.05) is 6.54 Å². The molecule has 0 aromatic heterocycles. The fourth-order valence-electron chi connectivity index (χ4n) is 1.56. The maximum atomic E-state index is 12.9. The fraction of sp³-hybridized carbons (Fsp3) is 0.429. The SMILES string of the molecule is CC(O)CCNC(=O)CNC(=O)Cc1cccc(F)c1. The Hall–Kier alpha value is -1.95. The van der Waals surface area contributed by atoms with Gasteiger partial charge in [-0.05, 0) is 31.0 Å². The number of aliphatic hydroxyl groups excluding tert-OH is 1. The third-order valence-electron chi connectivity index (χ3n) is 2.58. The Morgan fingerprint density at radius 3 is 2.70 bits per heavy atom. The molecule has 0 saturated carbocycles. The van der Waals surface area contributed by atoms with Crippen LogP contribution in [0.3, 0.4) is 0 Å². The number of rotatable bonds is 7. The Morgan fingerprint density at radius 1 is 1.30 bits per heavy atom. The summed E-state index contributed by atoms with van der Waals surface area (Å²) in [6, 6.07) is 5.76. The number of aliphatic hydroxyl groups is 1. The molecule has 0 radical (unpaired) electrons. The van der Waals surface area contributed by atoms with Crippen molar-refractivity contribution in [3.63, 3.8) is 0 Å². The monoisotopic (exact) mass is 282 g/mol. The maximum Gasteiger partial charge on any atom is 0.239 e. The molecule has 110 valence electrons. The van der Waals surface area contributed by atoms with E-state index < -0.39 is 11.9 Å². The van der Waals surface area contributed by atoms with E-state index in [1.54, 1.807) is 13.0 Å². The first-order valence-electron chi connectivity index (χ1n) is 6.43. The van der Waals surface area contributed by atoms with Crippen molar-refractivity contribution in [2.45, 2.75) is 25.9 Å². The van der Waals surface area contributed by atoms with Crippen LogP contribution in [0.4, 0.5) is 4.39 Å². The van der Waals surface area contributed by atoms with E-state index in [2.05, 4.69) is 10.6 Å². The van der Waals surface area contributed by atoms with E-state index in [4.69, 9.17) is 5.11 Å². The smallest absolute Gasteiger partial charge is 0.239 e. The second-order valence-corrected chi connectivity index (χ2v) is 4.57. The summed E-state index contributed by atoms with van der Waals surface area (Å²) in [5, 5.41) is 14.0. The number of hydrogen-bond acceptors (Lipinski definition) is 3. The third kappa shape index (κ3) is 6.84. The Bertz CT molecular complexity index is 463. The van der Waals surface area contributed by atoms with Gasteiger partial charge < -0.3 is 15.7 Å². The highest BCUT2D eigenvalue weighted by Gasteiger charge is 2.07. The minimum absolute atomic E-state index is 0.0265. The predicted octanol–water partition coefficient (Wildman–Crippen LogP) is 0.371. The zero-order valence-corrected chi connectivity index (χ0v) is 11.4. The summed E-state index contributed by atoms with van der Waals surface area (Å²) in [4.78, 5) is 22.9. The van der Waals surface area contributed by atoms with Crippen molar-refractivity contribution >= 4 is 11.8 Å². The minimum Gasteiger partial charge on any atom is -0.393 e. The Morgan fingerprint density at radius 2 is 2.05 bits per heavy atom. The van der Waals surface area contributed by atoms with Gasteiger partial charge >= 0.3 is 0 Å². The molecule has 1 atom stereocenters. The highest BCUT2D eigenvalue weighted by Crippen LogP contribution is 2.03. The summed E-state index contributed by atoms with van der Waals surface area (Å²) >= 11 is 0. The van der Waals surface area contributed by atoms with Crippen molar-refractivity contribution in [1.82, 2.24) is 10.6 Å². The molecule has 1 aromatic rings. The zero-order valence-electron chi connectivity index (χ0n) is 11.4. The van der Waals surface area contributed by atoms with Gasteiger partial charge in [-0.2, -0.15) is 0 Å². The zero-order chi connectivity index (χ0) is 15.0. The molecule has 0 saturated heterocycles. The van der Waals surface area contributed by atoms with Crippen molar-refractivity contribution in [2.75, 3.05) is 13.1 Å². The number of benzene rings is 1. The second-order valence-electron chi connectivity index (χ2n) is 4.57. The lowest BCUT2D eigenvalue weighted by Crippen LogP contribution is -2.38. The lowest BCUT2D eigenvalue weighted by atomic mass is 10.1. The van der Waals surface area contributed by atoms with Gasteiger partial charge in [0.1, 0.15) is 5.82 Å². The summed E-state index contributed by atoms with van der Waals surface area (Å²) in [6.45, 7) is 1.86. The minimum atomic E-state index is -0.474. The number of carbonyl (C=O) groups is 2. The average molecular weight is 282 g/mol. The number of amides is 2. The fourth-order valence-corrected chi connectivity index (χ4v) is 1.56.